The van der Waals surface area contributed by atoms with Gasteiger partial charge in [0.1, 0.15) is 11.6 Å². The van der Waals surface area contributed by atoms with Crippen LogP contribution in [0, 0.1) is 24.5 Å². The van der Waals surface area contributed by atoms with E-state index in [9.17, 15) is 8.78 Å². The molecule has 1 aliphatic carbocycles. The molecule has 0 atom stereocenters. The van der Waals surface area contributed by atoms with E-state index in [1.165, 1.54) is 48.9 Å². The van der Waals surface area contributed by atoms with Gasteiger partial charge in [-0.1, -0.05) is 53.6 Å². The maximum atomic E-state index is 14.7. The lowest BCUT2D eigenvalue weighted by molar-refractivity contribution is 0.310. The van der Waals surface area contributed by atoms with Gasteiger partial charge >= 0.3 is 0 Å². The van der Waals surface area contributed by atoms with Gasteiger partial charge in [0.2, 0.25) is 0 Å². The topological polar surface area (TPSA) is 0 Å². The van der Waals surface area contributed by atoms with Gasteiger partial charge in [-0.15, -0.1) is 0 Å². The Balaban J connectivity index is 1.35. The molecule has 156 valence electrons. The van der Waals surface area contributed by atoms with Crippen molar-refractivity contribution in [2.24, 2.45) is 5.92 Å². The van der Waals surface area contributed by atoms with Crippen molar-refractivity contribution in [2.45, 2.75) is 51.4 Å². The minimum atomic E-state index is -0.504. The van der Waals surface area contributed by atoms with Gasteiger partial charge in [0, 0.05) is 5.02 Å². The molecule has 3 aromatic carbocycles. The summed E-state index contributed by atoms with van der Waals surface area (Å²) < 4.78 is 29.3. The first kappa shape index (κ1) is 21.1. The molecular weight excluding hydrogens is 398 g/mol. The third-order valence-corrected chi connectivity index (χ3v) is 6.72. The van der Waals surface area contributed by atoms with Crippen molar-refractivity contribution < 1.29 is 8.78 Å². The molecule has 0 spiro atoms. The molecule has 0 amide bonds. The molecule has 1 fully saturated rings. The Kier molecular flexibility index (Phi) is 6.53. The summed E-state index contributed by atoms with van der Waals surface area (Å²) in [6.07, 6.45) is 6.48. The lowest BCUT2D eigenvalue weighted by atomic mass is 9.77. The fourth-order valence-corrected chi connectivity index (χ4v) is 4.78. The summed E-state index contributed by atoms with van der Waals surface area (Å²) >= 11 is 5.88. The molecule has 1 aliphatic rings. The second-order valence-electron chi connectivity index (χ2n) is 8.61. The quantitative estimate of drug-likeness (QED) is 0.385. The van der Waals surface area contributed by atoms with Crippen LogP contribution in [0.1, 0.15) is 54.7 Å². The fraction of sp³-hybridized carbons (Fsp3) is 0.333. The monoisotopic (exact) mass is 424 g/mol. The SMILES string of the molecule is Cc1ccc(C2CCC(CCc3cc(F)c(-c4ccc(Cl)cc4)c(F)c3)CC2)cc1. The summed E-state index contributed by atoms with van der Waals surface area (Å²) in [5.41, 5.74) is 4.02. The highest BCUT2D eigenvalue weighted by Crippen LogP contribution is 2.38. The molecule has 0 radical (unpaired) electrons. The molecule has 0 nitrogen and oxygen atoms in total. The molecular formula is C27H27ClF2. The van der Waals surface area contributed by atoms with Crippen LogP contribution in [0.25, 0.3) is 11.1 Å². The molecule has 3 heteroatoms. The van der Waals surface area contributed by atoms with Crippen LogP contribution in [0.3, 0.4) is 0 Å². The molecule has 4 rings (SSSR count). The Bertz CT molecular complexity index is 961. The zero-order chi connectivity index (χ0) is 21.1. The van der Waals surface area contributed by atoms with Crippen molar-refractivity contribution in [2.75, 3.05) is 0 Å². The van der Waals surface area contributed by atoms with Crippen LogP contribution in [0.5, 0.6) is 0 Å². The first-order valence-corrected chi connectivity index (χ1v) is 11.2. The van der Waals surface area contributed by atoms with E-state index in [0.29, 0.717) is 28.8 Å². The summed E-state index contributed by atoms with van der Waals surface area (Å²) in [6.45, 7) is 2.12. The third kappa shape index (κ3) is 4.92. The summed E-state index contributed by atoms with van der Waals surface area (Å²) in [5, 5.41) is 0.549. The number of hydrogen-bond acceptors (Lipinski definition) is 0. The van der Waals surface area contributed by atoms with Crippen molar-refractivity contribution in [3.63, 3.8) is 0 Å². The van der Waals surface area contributed by atoms with Gasteiger partial charge in [-0.3, -0.25) is 0 Å². The van der Waals surface area contributed by atoms with Crippen molar-refractivity contribution >= 4 is 11.6 Å². The fourth-order valence-electron chi connectivity index (χ4n) is 4.66. The normalized spacial score (nSPS) is 19.1. The van der Waals surface area contributed by atoms with Gasteiger partial charge in [0.25, 0.3) is 0 Å². The Morgan fingerprint density at radius 3 is 2.03 bits per heavy atom. The van der Waals surface area contributed by atoms with E-state index in [2.05, 4.69) is 31.2 Å². The van der Waals surface area contributed by atoms with Gasteiger partial charge < -0.3 is 0 Å². The zero-order valence-electron chi connectivity index (χ0n) is 17.3. The standard InChI is InChI=1S/C27H27ClF2/c1-18-2-8-21(9-3-18)22-10-6-19(7-11-22)4-5-20-16-25(29)27(26(30)17-20)23-12-14-24(28)15-13-23/h2-3,8-9,12-17,19,22H,4-7,10-11H2,1H3. The predicted molar refractivity (Wildman–Crippen MR) is 121 cm³/mol. The summed E-state index contributed by atoms with van der Waals surface area (Å²) in [6, 6.07) is 18.5. The summed E-state index contributed by atoms with van der Waals surface area (Å²) in [7, 11) is 0. The molecule has 0 aliphatic heterocycles. The molecule has 0 saturated heterocycles. The molecule has 0 unspecified atom stereocenters. The molecule has 0 N–H and O–H groups in total. The summed E-state index contributed by atoms with van der Waals surface area (Å²) in [4.78, 5) is 0. The molecule has 0 aromatic heterocycles. The van der Waals surface area contributed by atoms with Crippen LogP contribution in [0.4, 0.5) is 8.78 Å². The number of aryl methyl sites for hydroxylation is 2. The van der Waals surface area contributed by atoms with Crippen molar-refractivity contribution in [1.82, 2.24) is 0 Å². The van der Waals surface area contributed by atoms with Crippen LogP contribution < -0.4 is 0 Å². The second-order valence-corrected chi connectivity index (χ2v) is 9.04. The van der Waals surface area contributed by atoms with E-state index in [0.717, 1.165) is 12.0 Å². The minimum absolute atomic E-state index is 0.0222. The van der Waals surface area contributed by atoms with E-state index in [1.54, 1.807) is 24.3 Å². The molecule has 0 bridgehead atoms. The smallest absolute Gasteiger partial charge is 0.134 e. The predicted octanol–water partition coefficient (Wildman–Crippen LogP) is 8.50. The van der Waals surface area contributed by atoms with Gasteiger partial charge in [0.05, 0.1) is 5.56 Å². The Morgan fingerprint density at radius 1 is 0.833 bits per heavy atom. The maximum Gasteiger partial charge on any atom is 0.134 e. The van der Waals surface area contributed by atoms with Crippen molar-refractivity contribution in [3.8, 4) is 11.1 Å². The Morgan fingerprint density at radius 2 is 1.43 bits per heavy atom. The first-order valence-electron chi connectivity index (χ1n) is 10.8. The number of hydrogen-bond donors (Lipinski definition) is 0. The third-order valence-electron chi connectivity index (χ3n) is 6.47. The average molecular weight is 425 g/mol. The number of halogens is 3. The highest BCUT2D eigenvalue weighted by atomic mass is 35.5. The number of benzene rings is 3. The van der Waals surface area contributed by atoms with Crippen LogP contribution in [0.15, 0.2) is 60.7 Å². The molecule has 3 aromatic rings. The number of rotatable bonds is 5. The van der Waals surface area contributed by atoms with Gasteiger partial charge in [-0.25, -0.2) is 8.78 Å². The Labute approximate surface area is 182 Å². The zero-order valence-corrected chi connectivity index (χ0v) is 18.1. The van der Waals surface area contributed by atoms with E-state index < -0.39 is 11.6 Å². The highest BCUT2D eigenvalue weighted by molar-refractivity contribution is 6.30. The van der Waals surface area contributed by atoms with Gasteiger partial charge in [-0.05, 0) is 98.2 Å². The summed E-state index contributed by atoms with van der Waals surface area (Å²) in [5.74, 6) is 0.273. The maximum absolute atomic E-state index is 14.7. The van der Waals surface area contributed by atoms with Crippen LogP contribution in [0.2, 0.25) is 5.02 Å². The average Bonchev–Trinajstić information content (AvgIpc) is 2.74. The lowest BCUT2D eigenvalue weighted by Crippen LogP contribution is -2.14. The second kappa shape index (κ2) is 9.31. The Hall–Kier alpha value is -2.19. The van der Waals surface area contributed by atoms with E-state index in [-0.39, 0.29) is 5.56 Å². The van der Waals surface area contributed by atoms with Crippen LogP contribution >= 0.6 is 11.6 Å². The van der Waals surface area contributed by atoms with Gasteiger partial charge in [-0.2, -0.15) is 0 Å². The van der Waals surface area contributed by atoms with Crippen molar-refractivity contribution in [3.05, 3.63) is 94.0 Å². The van der Waals surface area contributed by atoms with E-state index in [1.807, 2.05) is 0 Å². The largest absolute Gasteiger partial charge is 0.206 e. The first-order chi connectivity index (χ1) is 14.5. The van der Waals surface area contributed by atoms with Crippen LogP contribution in [-0.2, 0) is 6.42 Å². The molecule has 0 heterocycles. The molecule has 30 heavy (non-hydrogen) atoms. The molecule has 1 saturated carbocycles. The van der Waals surface area contributed by atoms with E-state index >= 15 is 0 Å². The lowest BCUT2D eigenvalue weighted by Gasteiger charge is -2.29. The highest BCUT2D eigenvalue weighted by Gasteiger charge is 2.22. The van der Waals surface area contributed by atoms with E-state index in [4.69, 9.17) is 11.6 Å². The minimum Gasteiger partial charge on any atom is -0.206 e. The van der Waals surface area contributed by atoms with Crippen molar-refractivity contribution in [1.29, 1.82) is 0 Å². The van der Waals surface area contributed by atoms with Gasteiger partial charge in [0.15, 0.2) is 0 Å². The van der Waals surface area contributed by atoms with Crippen LogP contribution in [-0.4, -0.2) is 0 Å².